The van der Waals surface area contributed by atoms with Crippen LogP contribution in [0.5, 0.6) is 0 Å². The van der Waals surface area contributed by atoms with E-state index in [2.05, 4.69) is 39.7 Å². The average Bonchev–Trinajstić information content (AvgIpc) is 3.54. The van der Waals surface area contributed by atoms with Gasteiger partial charge in [0.25, 0.3) is 0 Å². The van der Waals surface area contributed by atoms with Gasteiger partial charge in [0.05, 0.1) is 15.2 Å². The lowest BCUT2D eigenvalue weighted by Crippen LogP contribution is -2.55. The maximum atomic E-state index is 13.4. The number of halogens is 1. The monoisotopic (exact) mass is 549 g/mol. The highest BCUT2D eigenvalue weighted by molar-refractivity contribution is 7.18. The molecule has 3 rings (SSSR count). The lowest BCUT2D eigenvalue weighted by molar-refractivity contribution is -0.129. The first-order valence-electron chi connectivity index (χ1n) is 13.3. The van der Waals surface area contributed by atoms with Crippen molar-refractivity contribution in [1.29, 1.82) is 0 Å². The quantitative estimate of drug-likeness (QED) is 0.353. The van der Waals surface area contributed by atoms with Gasteiger partial charge in [0.15, 0.2) is 0 Å². The third-order valence-corrected chi connectivity index (χ3v) is 8.35. The summed E-state index contributed by atoms with van der Waals surface area (Å²) in [4.78, 5) is 45.4. The van der Waals surface area contributed by atoms with Crippen LogP contribution in [0.3, 0.4) is 0 Å². The van der Waals surface area contributed by atoms with Crippen LogP contribution in [0.1, 0.15) is 58.4 Å². The first-order valence-corrected chi connectivity index (χ1v) is 14.5. The lowest BCUT2D eigenvalue weighted by atomic mass is 9.98. The van der Waals surface area contributed by atoms with Crippen LogP contribution in [0.2, 0.25) is 5.02 Å². The molecule has 37 heavy (non-hydrogen) atoms. The van der Waals surface area contributed by atoms with Crippen LogP contribution in [0.25, 0.3) is 10.2 Å². The zero-order valence-corrected chi connectivity index (χ0v) is 23.9. The minimum absolute atomic E-state index is 0.00146. The van der Waals surface area contributed by atoms with Gasteiger partial charge < -0.3 is 20.9 Å². The molecule has 0 spiro atoms. The topological polar surface area (TPSA) is 103 Å². The Morgan fingerprint density at radius 2 is 1.84 bits per heavy atom. The van der Waals surface area contributed by atoms with Crippen LogP contribution >= 0.6 is 22.9 Å². The van der Waals surface area contributed by atoms with Crippen LogP contribution in [-0.4, -0.2) is 65.9 Å². The molecule has 10 heteroatoms. The highest BCUT2D eigenvalue weighted by Crippen LogP contribution is 2.26. The number of likely N-dealkylation sites (tertiary alicyclic amines) is 1. The Morgan fingerprint density at radius 1 is 1.11 bits per heavy atom. The first kappa shape index (κ1) is 29.3. The number of amides is 3. The predicted molar refractivity (Wildman–Crippen MR) is 150 cm³/mol. The van der Waals surface area contributed by atoms with Crippen molar-refractivity contribution in [2.75, 3.05) is 26.2 Å². The van der Waals surface area contributed by atoms with E-state index >= 15 is 0 Å². The van der Waals surface area contributed by atoms with Crippen LogP contribution in [0.15, 0.2) is 18.2 Å². The number of thiazole rings is 1. The summed E-state index contributed by atoms with van der Waals surface area (Å²) in [5, 5.41) is 10.4. The van der Waals surface area contributed by atoms with E-state index in [1.807, 2.05) is 19.1 Å². The molecule has 0 saturated carbocycles. The summed E-state index contributed by atoms with van der Waals surface area (Å²) in [6, 6.07) is 4.47. The molecular formula is C27H40ClN5O3S. The van der Waals surface area contributed by atoms with Gasteiger partial charge in [-0.25, -0.2) is 4.98 Å². The molecule has 0 aliphatic carbocycles. The maximum Gasteiger partial charge on any atom is 0.243 e. The van der Waals surface area contributed by atoms with Crippen molar-refractivity contribution in [3.05, 3.63) is 28.2 Å². The van der Waals surface area contributed by atoms with E-state index in [1.54, 1.807) is 13.0 Å². The molecule has 1 aromatic heterocycles. The summed E-state index contributed by atoms with van der Waals surface area (Å²) in [6.07, 6.45) is 3.78. The number of carbonyl (C=O) groups excluding carboxylic acids is 3. The average molecular weight is 550 g/mol. The van der Waals surface area contributed by atoms with Crippen molar-refractivity contribution in [2.45, 2.75) is 71.9 Å². The normalized spacial score (nSPS) is 17.2. The second kappa shape index (κ2) is 14.1. The molecule has 1 saturated heterocycles. The van der Waals surface area contributed by atoms with E-state index in [4.69, 9.17) is 11.6 Å². The summed E-state index contributed by atoms with van der Waals surface area (Å²) in [6.45, 7) is 11.0. The van der Waals surface area contributed by atoms with Crippen molar-refractivity contribution in [1.82, 2.24) is 25.8 Å². The Morgan fingerprint density at radius 3 is 2.51 bits per heavy atom. The van der Waals surface area contributed by atoms with Crippen LogP contribution in [-0.2, 0) is 20.8 Å². The molecule has 0 radical (unpaired) electrons. The SMILES string of the molecule is CCC(=O)N[C@@H](Cc1nc2ccc(Cl)cc2s1)C(=O)NC(CNC(=O)C(C)CN1CCCC1)C(C)CC. The second-order valence-corrected chi connectivity index (χ2v) is 11.6. The summed E-state index contributed by atoms with van der Waals surface area (Å²) in [5.41, 5.74) is 0.814. The number of fused-ring (bicyclic) bond motifs is 1. The standard InChI is InChI=1S/C27H40ClN5O3S/c1-5-17(3)22(15-29-26(35)18(4)16-33-11-7-8-12-33)32-27(36)21(30-24(34)6-2)14-25-31-20-10-9-19(28)13-23(20)37-25/h9-10,13,17-18,21-22H,5-8,11-12,14-16H2,1-4H3,(H,29,35)(H,30,34)(H,32,36)/t17?,18?,21-,22?/m0/s1. The smallest absolute Gasteiger partial charge is 0.243 e. The van der Waals surface area contributed by atoms with Crippen molar-refractivity contribution in [3.8, 4) is 0 Å². The predicted octanol–water partition coefficient (Wildman–Crippen LogP) is 3.77. The number of nitrogens with one attached hydrogen (secondary N) is 3. The summed E-state index contributed by atoms with van der Waals surface area (Å²) >= 11 is 7.58. The minimum Gasteiger partial charge on any atom is -0.354 e. The van der Waals surface area contributed by atoms with Gasteiger partial charge >= 0.3 is 0 Å². The number of hydrogen-bond acceptors (Lipinski definition) is 6. The van der Waals surface area contributed by atoms with Crippen molar-refractivity contribution in [3.63, 3.8) is 0 Å². The fourth-order valence-corrected chi connectivity index (χ4v) is 5.79. The number of rotatable bonds is 13. The molecule has 1 aromatic carbocycles. The highest BCUT2D eigenvalue weighted by atomic mass is 35.5. The molecule has 0 bridgehead atoms. The summed E-state index contributed by atoms with van der Waals surface area (Å²) < 4.78 is 0.937. The molecule has 2 aromatic rings. The van der Waals surface area contributed by atoms with Gasteiger partial charge in [-0.05, 0) is 50.0 Å². The molecule has 204 valence electrons. The second-order valence-electron chi connectivity index (χ2n) is 10.1. The number of nitrogens with zero attached hydrogens (tertiary/aromatic N) is 2. The Balaban J connectivity index is 1.65. The Bertz CT molecular complexity index is 1070. The van der Waals surface area contributed by atoms with Crippen molar-refractivity contribution < 1.29 is 14.4 Å². The number of hydrogen-bond donors (Lipinski definition) is 3. The minimum atomic E-state index is -0.764. The fourth-order valence-electron chi connectivity index (χ4n) is 4.50. The van der Waals surface area contributed by atoms with E-state index in [0.717, 1.165) is 41.3 Å². The Kier molecular flexibility index (Phi) is 11.2. The Hall–Kier alpha value is -2.23. The first-order chi connectivity index (χ1) is 17.7. The fraction of sp³-hybridized carbons (Fsp3) is 0.630. The molecule has 4 atom stereocenters. The van der Waals surface area contributed by atoms with Crippen LogP contribution in [0.4, 0.5) is 0 Å². The Labute approximate surface area is 228 Å². The molecule has 1 aliphatic heterocycles. The van der Waals surface area contributed by atoms with Crippen LogP contribution in [0, 0.1) is 11.8 Å². The zero-order chi connectivity index (χ0) is 26.9. The van der Waals surface area contributed by atoms with Crippen LogP contribution < -0.4 is 16.0 Å². The third kappa shape index (κ3) is 8.65. The van der Waals surface area contributed by atoms with E-state index in [0.29, 0.717) is 11.6 Å². The van der Waals surface area contributed by atoms with Gasteiger partial charge in [-0.1, -0.05) is 45.7 Å². The molecule has 1 aliphatic rings. The summed E-state index contributed by atoms with van der Waals surface area (Å²) in [7, 11) is 0. The van der Waals surface area contributed by atoms with Gasteiger partial charge in [0.2, 0.25) is 17.7 Å². The molecule has 3 unspecified atom stereocenters. The number of carbonyl (C=O) groups is 3. The molecule has 1 fully saturated rings. The number of benzene rings is 1. The van der Waals surface area contributed by atoms with E-state index < -0.39 is 6.04 Å². The lowest BCUT2D eigenvalue weighted by Gasteiger charge is -2.28. The van der Waals surface area contributed by atoms with E-state index in [-0.39, 0.29) is 48.4 Å². The largest absolute Gasteiger partial charge is 0.354 e. The van der Waals surface area contributed by atoms with Crippen molar-refractivity contribution >= 4 is 50.9 Å². The molecule has 8 nitrogen and oxygen atoms in total. The van der Waals surface area contributed by atoms with Gasteiger partial charge in [-0.3, -0.25) is 14.4 Å². The van der Waals surface area contributed by atoms with Gasteiger partial charge in [0, 0.05) is 42.9 Å². The molecular weight excluding hydrogens is 510 g/mol. The van der Waals surface area contributed by atoms with E-state index in [1.165, 1.54) is 24.2 Å². The third-order valence-electron chi connectivity index (χ3n) is 7.08. The van der Waals surface area contributed by atoms with Gasteiger partial charge in [0.1, 0.15) is 6.04 Å². The molecule has 2 heterocycles. The van der Waals surface area contributed by atoms with Gasteiger partial charge in [-0.15, -0.1) is 11.3 Å². The summed E-state index contributed by atoms with van der Waals surface area (Å²) in [5.74, 6) is -0.448. The molecule has 3 amide bonds. The molecule has 3 N–H and O–H groups in total. The van der Waals surface area contributed by atoms with E-state index in [9.17, 15) is 14.4 Å². The zero-order valence-electron chi connectivity index (χ0n) is 22.3. The van der Waals surface area contributed by atoms with Gasteiger partial charge in [-0.2, -0.15) is 0 Å². The maximum absolute atomic E-state index is 13.4. The van der Waals surface area contributed by atoms with Crippen molar-refractivity contribution in [2.24, 2.45) is 11.8 Å². The number of aromatic nitrogens is 1. The highest BCUT2D eigenvalue weighted by Gasteiger charge is 2.28.